The fourth-order valence-electron chi connectivity index (χ4n) is 2.46. The molecule has 2 N–H and O–H groups in total. The van der Waals surface area contributed by atoms with Gasteiger partial charge in [-0.05, 0) is 44.3 Å². The SMILES string of the molecule is CC(C)CC(C)NC(=S)NC1CCCCC1. The molecule has 0 aromatic rings. The van der Waals surface area contributed by atoms with Crippen LogP contribution in [0.25, 0.3) is 0 Å². The first-order valence-electron chi connectivity index (χ1n) is 6.65. The van der Waals surface area contributed by atoms with Crippen LogP contribution in [0.15, 0.2) is 0 Å². The van der Waals surface area contributed by atoms with Crippen molar-refractivity contribution >= 4 is 17.3 Å². The van der Waals surface area contributed by atoms with Crippen molar-refractivity contribution in [2.75, 3.05) is 0 Å². The van der Waals surface area contributed by atoms with Crippen LogP contribution in [-0.4, -0.2) is 17.2 Å². The molecule has 0 spiro atoms. The second-order valence-corrected chi connectivity index (χ2v) is 5.89. The predicted molar refractivity (Wildman–Crippen MR) is 74.7 cm³/mol. The lowest BCUT2D eigenvalue weighted by atomic mass is 9.96. The molecule has 2 nitrogen and oxygen atoms in total. The van der Waals surface area contributed by atoms with E-state index in [0.29, 0.717) is 12.1 Å². The molecule has 3 heteroatoms. The van der Waals surface area contributed by atoms with Gasteiger partial charge in [0.1, 0.15) is 0 Å². The second-order valence-electron chi connectivity index (χ2n) is 5.48. The van der Waals surface area contributed by atoms with Crippen LogP contribution in [0.1, 0.15) is 59.3 Å². The third-order valence-corrected chi connectivity index (χ3v) is 3.38. The smallest absolute Gasteiger partial charge is 0.166 e. The Labute approximate surface area is 106 Å². The zero-order chi connectivity index (χ0) is 12.0. The average molecular weight is 242 g/mol. The van der Waals surface area contributed by atoms with E-state index in [1.165, 1.54) is 38.5 Å². The van der Waals surface area contributed by atoms with Gasteiger partial charge in [-0.15, -0.1) is 0 Å². The Morgan fingerprint density at radius 1 is 1.19 bits per heavy atom. The molecule has 1 unspecified atom stereocenters. The highest BCUT2D eigenvalue weighted by Gasteiger charge is 2.14. The maximum absolute atomic E-state index is 5.34. The highest BCUT2D eigenvalue weighted by molar-refractivity contribution is 7.80. The molecule has 0 saturated heterocycles. The van der Waals surface area contributed by atoms with E-state index in [0.717, 1.165) is 11.0 Å². The summed E-state index contributed by atoms with van der Waals surface area (Å²) < 4.78 is 0. The Bertz CT molecular complexity index is 210. The highest BCUT2D eigenvalue weighted by Crippen LogP contribution is 2.17. The molecule has 1 fully saturated rings. The van der Waals surface area contributed by atoms with Gasteiger partial charge in [0, 0.05) is 12.1 Å². The molecule has 0 amide bonds. The number of thiocarbonyl (C=S) groups is 1. The minimum Gasteiger partial charge on any atom is -0.360 e. The van der Waals surface area contributed by atoms with Crippen molar-refractivity contribution in [1.82, 2.24) is 10.6 Å². The molecular formula is C13H26N2S. The van der Waals surface area contributed by atoms with E-state index >= 15 is 0 Å². The summed E-state index contributed by atoms with van der Waals surface area (Å²) in [5, 5.41) is 7.67. The molecule has 0 aliphatic heterocycles. The zero-order valence-electron chi connectivity index (χ0n) is 10.9. The van der Waals surface area contributed by atoms with Crippen molar-refractivity contribution in [2.45, 2.75) is 71.4 Å². The minimum atomic E-state index is 0.476. The predicted octanol–water partition coefficient (Wildman–Crippen LogP) is 3.22. The van der Waals surface area contributed by atoms with Crippen molar-refractivity contribution in [1.29, 1.82) is 0 Å². The molecule has 1 saturated carbocycles. The van der Waals surface area contributed by atoms with E-state index in [4.69, 9.17) is 12.2 Å². The van der Waals surface area contributed by atoms with Crippen LogP contribution in [0.4, 0.5) is 0 Å². The van der Waals surface area contributed by atoms with Crippen molar-refractivity contribution in [3.05, 3.63) is 0 Å². The molecule has 1 atom stereocenters. The third-order valence-electron chi connectivity index (χ3n) is 3.14. The monoisotopic (exact) mass is 242 g/mol. The largest absolute Gasteiger partial charge is 0.360 e. The van der Waals surface area contributed by atoms with Crippen LogP contribution in [-0.2, 0) is 0 Å². The maximum atomic E-state index is 5.34. The van der Waals surface area contributed by atoms with Gasteiger partial charge in [0.05, 0.1) is 0 Å². The molecule has 0 aromatic heterocycles. The van der Waals surface area contributed by atoms with Gasteiger partial charge < -0.3 is 10.6 Å². The first-order chi connectivity index (χ1) is 7.58. The molecular weight excluding hydrogens is 216 g/mol. The fourth-order valence-corrected chi connectivity index (χ4v) is 2.83. The summed E-state index contributed by atoms with van der Waals surface area (Å²) in [6.45, 7) is 6.69. The Hall–Kier alpha value is -0.310. The van der Waals surface area contributed by atoms with Crippen molar-refractivity contribution in [3.63, 3.8) is 0 Å². The maximum Gasteiger partial charge on any atom is 0.166 e. The molecule has 0 bridgehead atoms. The Morgan fingerprint density at radius 2 is 1.81 bits per heavy atom. The minimum absolute atomic E-state index is 0.476. The van der Waals surface area contributed by atoms with Crippen LogP contribution in [0.5, 0.6) is 0 Å². The molecule has 1 aliphatic carbocycles. The van der Waals surface area contributed by atoms with Crippen LogP contribution in [0.2, 0.25) is 0 Å². The Morgan fingerprint density at radius 3 is 2.38 bits per heavy atom. The number of hydrogen-bond acceptors (Lipinski definition) is 1. The van der Waals surface area contributed by atoms with Crippen LogP contribution in [0, 0.1) is 5.92 Å². The second kappa shape index (κ2) is 7.10. The zero-order valence-corrected chi connectivity index (χ0v) is 11.7. The lowest BCUT2D eigenvalue weighted by Gasteiger charge is -2.26. The van der Waals surface area contributed by atoms with E-state index in [1.54, 1.807) is 0 Å². The number of nitrogens with one attached hydrogen (secondary N) is 2. The van der Waals surface area contributed by atoms with Gasteiger partial charge in [0.15, 0.2) is 5.11 Å². The van der Waals surface area contributed by atoms with E-state index in [9.17, 15) is 0 Å². The average Bonchev–Trinajstić information content (AvgIpc) is 2.17. The summed E-state index contributed by atoms with van der Waals surface area (Å²) in [4.78, 5) is 0. The van der Waals surface area contributed by atoms with Crippen molar-refractivity contribution in [3.8, 4) is 0 Å². The van der Waals surface area contributed by atoms with Crippen LogP contribution >= 0.6 is 12.2 Å². The molecule has 1 aliphatic rings. The molecule has 1 rings (SSSR count). The summed E-state index contributed by atoms with van der Waals surface area (Å²) in [5.41, 5.74) is 0. The number of hydrogen-bond donors (Lipinski definition) is 2. The Kier molecular flexibility index (Phi) is 6.10. The van der Waals surface area contributed by atoms with Gasteiger partial charge in [-0.1, -0.05) is 33.1 Å². The van der Waals surface area contributed by atoms with Gasteiger partial charge in [-0.3, -0.25) is 0 Å². The molecule has 0 radical (unpaired) electrons. The summed E-state index contributed by atoms with van der Waals surface area (Å²) >= 11 is 5.34. The summed E-state index contributed by atoms with van der Waals surface area (Å²) in [7, 11) is 0. The lowest BCUT2D eigenvalue weighted by molar-refractivity contribution is 0.408. The van der Waals surface area contributed by atoms with Crippen molar-refractivity contribution in [2.24, 2.45) is 5.92 Å². The highest BCUT2D eigenvalue weighted by atomic mass is 32.1. The first-order valence-corrected chi connectivity index (χ1v) is 7.05. The van der Waals surface area contributed by atoms with E-state index in [2.05, 4.69) is 31.4 Å². The molecule has 0 aromatic carbocycles. The van der Waals surface area contributed by atoms with E-state index < -0.39 is 0 Å². The van der Waals surface area contributed by atoms with E-state index in [1.807, 2.05) is 0 Å². The third kappa shape index (κ3) is 5.69. The lowest BCUT2D eigenvalue weighted by Crippen LogP contribution is -2.46. The van der Waals surface area contributed by atoms with Gasteiger partial charge in [-0.2, -0.15) is 0 Å². The Balaban J connectivity index is 2.18. The van der Waals surface area contributed by atoms with Crippen LogP contribution in [0.3, 0.4) is 0 Å². The summed E-state index contributed by atoms with van der Waals surface area (Å²) in [5.74, 6) is 0.722. The first kappa shape index (κ1) is 13.8. The molecule has 16 heavy (non-hydrogen) atoms. The van der Waals surface area contributed by atoms with Gasteiger partial charge in [-0.25, -0.2) is 0 Å². The molecule has 0 heterocycles. The topological polar surface area (TPSA) is 24.1 Å². The fraction of sp³-hybridized carbons (Fsp3) is 0.923. The molecule has 94 valence electrons. The van der Waals surface area contributed by atoms with Gasteiger partial charge in [0.2, 0.25) is 0 Å². The van der Waals surface area contributed by atoms with Gasteiger partial charge in [0.25, 0.3) is 0 Å². The van der Waals surface area contributed by atoms with Crippen molar-refractivity contribution < 1.29 is 0 Å². The van der Waals surface area contributed by atoms with Gasteiger partial charge >= 0.3 is 0 Å². The van der Waals surface area contributed by atoms with Crippen LogP contribution < -0.4 is 10.6 Å². The van der Waals surface area contributed by atoms with E-state index in [-0.39, 0.29) is 0 Å². The number of rotatable bonds is 4. The summed E-state index contributed by atoms with van der Waals surface area (Å²) in [6.07, 6.45) is 7.82. The summed E-state index contributed by atoms with van der Waals surface area (Å²) in [6, 6.07) is 1.09. The standard InChI is InChI=1S/C13H26N2S/c1-10(2)9-11(3)14-13(16)15-12-7-5-4-6-8-12/h10-12H,4-9H2,1-3H3,(H2,14,15,16). The quantitative estimate of drug-likeness (QED) is 0.740. The normalized spacial score (nSPS) is 19.5.